The Labute approximate surface area is 186 Å². The molecule has 1 amide bonds. The average Bonchev–Trinajstić information content (AvgIpc) is 3.41. The van der Waals surface area contributed by atoms with Gasteiger partial charge in [-0.05, 0) is 30.3 Å². The molecule has 30 heavy (non-hydrogen) atoms. The van der Waals surface area contributed by atoms with Crippen molar-refractivity contribution in [2.24, 2.45) is 5.10 Å². The SMILES string of the molecule is O=C(N/N=C/c1ccc(-c2cc(Cl)c(Cl)cc2Cl)o1)c1cc(-c2ccccc2)n[nH]1. The molecule has 2 N–H and O–H groups in total. The van der Waals surface area contributed by atoms with Gasteiger partial charge in [-0.2, -0.15) is 10.2 Å². The van der Waals surface area contributed by atoms with Crippen molar-refractivity contribution in [2.75, 3.05) is 0 Å². The number of carbonyl (C=O) groups is 1. The van der Waals surface area contributed by atoms with Crippen LogP contribution in [0, 0.1) is 0 Å². The highest BCUT2D eigenvalue weighted by Crippen LogP contribution is 2.35. The molecule has 9 heteroatoms. The van der Waals surface area contributed by atoms with Crippen LogP contribution in [0.5, 0.6) is 0 Å². The quantitative estimate of drug-likeness (QED) is 0.216. The lowest BCUT2D eigenvalue weighted by molar-refractivity contribution is 0.0950. The van der Waals surface area contributed by atoms with Gasteiger partial charge in [-0.15, -0.1) is 0 Å². The largest absolute Gasteiger partial charge is 0.455 e. The molecule has 2 aromatic heterocycles. The van der Waals surface area contributed by atoms with Crippen LogP contribution in [0.1, 0.15) is 16.2 Å². The molecule has 0 saturated carbocycles. The van der Waals surface area contributed by atoms with Crippen LogP contribution in [-0.2, 0) is 0 Å². The molecule has 6 nitrogen and oxygen atoms in total. The molecule has 4 rings (SSSR count). The molecule has 0 spiro atoms. The summed E-state index contributed by atoms with van der Waals surface area (Å²) in [6.07, 6.45) is 1.38. The third kappa shape index (κ3) is 4.41. The lowest BCUT2D eigenvalue weighted by Gasteiger charge is -2.03. The van der Waals surface area contributed by atoms with Crippen molar-refractivity contribution in [3.63, 3.8) is 0 Å². The summed E-state index contributed by atoms with van der Waals surface area (Å²) in [5.74, 6) is 0.481. The van der Waals surface area contributed by atoms with E-state index in [-0.39, 0.29) is 5.69 Å². The van der Waals surface area contributed by atoms with Crippen LogP contribution in [0.3, 0.4) is 0 Å². The minimum absolute atomic E-state index is 0.286. The number of nitrogens with one attached hydrogen (secondary N) is 2. The van der Waals surface area contributed by atoms with Crippen LogP contribution < -0.4 is 5.43 Å². The average molecular weight is 460 g/mol. The first-order chi connectivity index (χ1) is 14.5. The fraction of sp³-hybridized carbons (Fsp3) is 0. The first kappa shape index (κ1) is 20.2. The monoisotopic (exact) mass is 458 g/mol. The fourth-order valence-corrected chi connectivity index (χ4v) is 3.33. The molecule has 0 bridgehead atoms. The molecule has 0 radical (unpaired) electrons. The number of rotatable bonds is 5. The number of H-pyrrole nitrogens is 1. The second kappa shape index (κ2) is 8.75. The van der Waals surface area contributed by atoms with Crippen LogP contribution >= 0.6 is 34.8 Å². The third-order valence-corrected chi connectivity index (χ3v) is 5.19. The van der Waals surface area contributed by atoms with E-state index in [4.69, 9.17) is 39.2 Å². The van der Waals surface area contributed by atoms with E-state index in [9.17, 15) is 4.79 Å². The van der Waals surface area contributed by atoms with E-state index in [0.29, 0.717) is 37.8 Å². The smallest absolute Gasteiger partial charge is 0.289 e. The third-order valence-electron chi connectivity index (χ3n) is 4.15. The van der Waals surface area contributed by atoms with Crippen molar-refractivity contribution >= 4 is 46.9 Å². The second-order valence-electron chi connectivity index (χ2n) is 6.18. The number of amides is 1. The summed E-state index contributed by atoms with van der Waals surface area (Å²) in [7, 11) is 0. The van der Waals surface area contributed by atoms with Gasteiger partial charge in [-0.25, -0.2) is 5.43 Å². The van der Waals surface area contributed by atoms with Gasteiger partial charge in [-0.3, -0.25) is 9.89 Å². The van der Waals surface area contributed by atoms with Gasteiger partial charge >= 0.3 is 0 Å². The number of hydrogen-bond donors (Lipinski definition) is 2. The lowest BCUT2D eigenvalue weighted by Crippen LogP contribution is -2.17. The number of aromatic amines is 1. The summed E-state index contributed by atoms with van der Waals surface area (Å²) in [6.45, 7) is 0. The number of halogens is 3. The van der Waals surface area contributed by atoms with Crippen molar-refractivity contribution in [2.45, 2.75) is 0 Å². The maximum atomic E-state index is 12.2. The van der Waals surface area contributed by atoms with E-state index in [1.807, 2.05) is 30.3 Å². The van der Waals surface area contributed by atoms with E-state index in [1.165, 1.54) is 6.21 Å². The Morgan fingerprint density at radius 2 is 1.77 bits per heavy atom. The highest BCUT2D eigenvalue weighted by atomic mass is 35.5. The van der Waals surface area contributed by atoms with Gasteiger partial charge in [0.1, 0.15) is 17.2 Å². The van der Waals surface area contributed by atoms with Gasteiger partial charge in [0.2, 0.25) is 0 Å². The Morgan fingerprint density at radius 3 is 2.57 bits per heavy atom. The van der Waals surface area contributed by atoms with Gasteiger partial charge in [0.15, 0.2) is 0 Å². The molecule has 0 aliphatic rings. The number of furan rings is 1. The summed E-state index contributed by atoms with van der Waals surface area (Å²) < 4.78 is 5.69. The number of benzene rings is 2. The summed E-state index contributed by atoms with van der Waals surface area (Å²) in [4.78, 5) is 12.2. The van der Waals surface area contributed by atoms with E-state index in [1.54, 1.807) is 30.3 Å². The molecular formula is C21H13Cl3N4O2. The Bertz CT molecular complexity index is 1230. The maximum absolute atomic E-state index is 12.2. The molecular weight excluding hydrogens is 447 g/mol. The molecule has 2 aromatic carbocycles. The summed E-state index contributed by atoms with van der Waals surface area (Å²) >= 11 is 18.2. The van der Waals surface area contributed by atoms with Gasteiger partial charge < -0.3 is 4.42 Å². The number of nitrogens with zero attached hydrogens (tertiary/aromatic N) is 2. The van der Waals surface area contributed by atoms with Crippen molar-refractivity contribution in [1.29, 1.82) is 0 Å². The molecule has 4 aromatic rings. The second-order valence-corrected chi connectivity index (χ2v) is 7.40. The van der Waals surface area contributed by atoms with Crippen LogP contribution in [0.15, 0.2) is 70.2 Å². The number of carbonyl (C=O) groups excluding carboxylic acids is 1. The Kier molecular flexibility index (Phi) is 5.90. The van der Waals surface area contributed by atoms with Crippen LogP contribution in [0.4, 0.5) is 0 Å². The fourth-order valence-electron chi connectivity index (χ4n) is 2.69. The minimum Gasteiger partial charge on any atom is -0.455 e. The molecule has 0 fully saturated rings. The number of hydrogen-bond acceptors (Lipinski definition) is 4. The van der Waals surface area contributed by atoms with Crippen molar-refractivity contribution in [3.05, 3.63) is 87.2 Å². The molecule has 0 aliphatic carbocycles. The van der Waals surface area contributed by atoms with Crippen LogP contribution in [-0.4, -0.2) is 22.3 Å². The first-order valence-corrected chi connectivity index (χ1v) is 9.83. The Hall–Kier alpha value is -3.06. The van der Waals surface area contributed by atoms with Crippen molar-refractivity contribution in [1.82, 2.24) is 15.6 Å². The standard InChI is InChI=1S/C21H13Cl3N4O2/c22-15-9-17(24)16(23)8-14(15)20-7-6-13(30-20)11-25-28-21(29)19-10-18(26-27-19)12-4-2-1-3-5-12/h1-11H,(H,26,27)(H,28,29)/b25-11+. The van der Waals surface area contributed by atoms with Gasteiger partial charge in [0.05, 0.1) is 27.0 Å². The lowest BCUT2D eigenvalue weighted by atomic mass is 10.1. The molecule has 0 unspecified atom stereocenters. The van der Waals surface area contributed by atoms with Gasteiger partial charge in [0, 0.05) is 11.1 Å². The van der Waals surface area contributed by atoms with Crippen LogP contribution in [0.25, 0.3) is 22.6 Å². The zero-order valence-electron chi connectivity index (χ0n) is 15.2. The molecule has 0 aliphatic heterocycles. The minimum atomic E-state index is -0.430. The molecule has 150 valence electrons. The summed E-state index contributed by atoms with van der Waals surface area (Å²) in [5, 5.41) is 11.9. The predicted octanol–water partition coefficient (Wildman–Crippen LogP) is 6.06. The van der Waals surface area contributed by atoms with E-state index in [2.05, 4.69) is 20.7 Å². The highest BCUT2D eigenvalue weighted by molar-refractivity contribution is 6.44. The van der Waals surface area contributed by atoms with Crippen LogP contribution in [0.2, 0.25) is 15.1 Å². The van der Waals surface area contributed by atoms with E-state index >= 15 is 0 Å². The zero-order valence-corrected chi connectivity index (χ0v) is 17.5. The number of hydrazone groups is 1. The topological polar surface area (TPSA) is 83.3 Å². The number of aromatic nitrogens is 2. The summed E-state index contributed by atoms with van der Waals surface area (Å²) in [6, 6.07) is 17.7. The molecule has 2 heterocycles. The molecule has 0 saturated heterocycles. The predicted molar refractivity (Wildman–Crippen MR) is 118 cm³/mol. The van der Waals surface area contributed by atoms with E-state index in [0.717, 1.165) is 5.56 Å². The van der Waals surface area contributed by atoms with Crippen molar-refractivity contribution < 1.29 is 9.21 Å². The Morgan fingerprint density at radius 1 is 1.00 bits per heavy atom. The zero-order chi connectivity index (χ0) is 21.1. The molecule has 0 atom stereocenters. The Balaban J connectivity index is 1.43. The van der Waals surface area contributed by atoms with E-state index < -0.39 is 5.91 Å². The highest BCUT2D eigenvalue weighted by Gasteiger charge is 2.12. The first-order valence-electron chi connectivity index (χ1n) is 8.70. The maximum Gasteiger partial charge on any atom is 0.289 e. The summed E-state index contributed by atoms with van der Waals surface area (Å²) in [5.41, 5.74) is 4.88. The van der Waals surface area contributed by atoms with Gasteiger partial charge in [-0.1, -0.05) is 65.1 Å². The normalized spacial score (nSPS) is 11.2. The van der Waals surface area contributed by atoms with Crippen molar-refractivity contribution in [3.8, 4) is 22.6 Å². The van der Waals surface area contributed by atoms with Gasteiger partial charge in [0.25, 0.3) is 5.91 Å².